The largest absolute Gasteiger partial charge is 0.479 e. The fourth-order valence-corrected chi connectivity index (χ4v) is 2.37. The molecule has 1 aliphatic heterocycles. The number of hydrogen-bond acceptors (Lipinski definition) is 2. The molecule has 5 nitrogen and oxygen atoms in total. The third-order valence-electron chi connectivity index (χ3n) is 3.42. The van der Waals surface area contributed by atoms with Gasteiger partial charge in [-0.25, -0.2) is 9.59 Å². The summed E-state index contributed by atoms with van der Waals surface area (Å²) in [5.74, 6) is 4.69. The van der Waals surface area contributed by atoms with E-state index in [-0.39, 0.29) is 6.03 Å². The molecule has 0 aromatic carbocycles. The fraction of sp³-hybridized carbons (Fsp3) is 0.692. The third-order valence-corrected chi connectivity index (χ3v) is 3.42. The highest BCUT2D eigenvalue weighted by atomic mass is 16.4. The quantitative estimate of drug-likeness (QED) is 0.587. The van der Waals surface area contributed by atoms with Crippen LogP contribution in [0, 0.1) is 11.8 Å². The Morgan fingerprint density at radius 3 is 2.78 bits per heavy atom. The second-order valence-electron chi connectivity index (χ2n) is 4.35. The van der Waals surface area contributed by atoms with E-state index in [0.29, 0.717) is 32.4 Å². The summed E-state index contributed by atoms with van der Waals surface area (Å²) in [5.41, 5.74) is -1.03. The van der Waals surface area contributed by atoms with Crippen LogP contribution in [0.25, 0.3) is 0 Å². The Morgan fingerprint density at radius 2 is 2.22 bits per heavy atom. The molecular formula is C13H20N2O3. The van der Waals surface area contributed by atoms with E-state index in [1.807, 2.05) is 6.92 Å². The molecule has 5 heteroatoms. The van der Waals surface area contributed by atoms with Crippen molar-refractivity contribution in [3.63, 3.8) is 0 Å². The summed E-state index contributed by atoms with van der Waals surface area (Å²) in [6.07, 6.45) is 2.29. The molecule has 1 saturated heterocycles. The van der Waals surface area contributed by atoms with Gasteiger partial charge in [-0.1, -0.05) is 6.92 Å². The van der Waals surface area contributed by atoms with Crippen LogP contribution >= 0.6 is 0 Å². The van der Waals surface area contributed by atoms with Crippen molar-refractivity contribution in [2.75, 3.05) is 13.1 Å². The lowest BCUT2D eigenvalue weighted by atomic mass is 9.93. The minimum absolute atomic E-state index is 0.297. The van der Waals surface area contributed by atoms with Crippen LogP contribution in [-0.2, 0) is 4.79 Å². The second kappa shape index (κ2) is 6.29. The van der Waals surface area contributed by atoms with Gasteiger partial charge in [0.15, 0.2) is 0 Å². The van der Waals surface area contributed by atoms with Crippen molar-refractivity contribution < 1.29 is 14.7 Å². The van der Waals surface area contributed by atoms with Gasteiger partial charge in [0, 0.05) is 19.5 Å². The van der Waals surface area contributed by atoms with E-state index in [9.17, 15) is 14.7 Å². The van der Waals surface area contributed by atoms with Crippen LogP contribution in [-0.4, -0.2) is 40.6 Å². The minimum atomic E-state index is -1.03. The maximum absolute atomic E-state index is 12.0. The first-order valence-corrected chi connectivity index (χ1v) is 6.27. The molecule has 1 heterocycles. The highest BCUT2D eigenvalue weighted by Crippen LogP contribution is 2.32. The summed E-state index contributed by atoms with van der Waals surface area (Å²) in [7, 11) is 0. The summed E-state index contributed by atoms with van der Waals surface area (Å²) >= 11 is 0. The molecule has 0 aromatic heterocycles. The van der Waals surface area contributed by atoms with E-state index >= 15 is 0 Å². The molecular weight excluding hydrogens is 232 g/mol. The monoisotopic (exact) mass is 252 g/mol. The average molecular weight is 252 g/mol. The van der Waals surface area contributed by atoms with Crippen molar-refractivity contribution in [2.45, 2.75) is 45.1 Å². The number of nitrogens with one attached hydrogen (secondary N) is 1. The summed E-state index contributed by atoms with van der Waals surface area (Å²) in [6.45, 7) is 4.51. The van der Waals surface area contributed by atoms with Crippen molar-refractivity contribution in [1.82, 2.24) is 10.2 Å². The summed E-state index contributed by atoms with van der Waals surface area (Å²) < 4.78 is 0. The number of nitrogens with zero attached hydrogens (tertiary/aromatic N) is 1. The molecule has 2 amide bonds. The minimum Gasteiger partial charge on any atom is -0.479 e. The van der Waals surface area contributed by atoms with Crippen molar-refractivity contribution in [3.8, 4) is 11.8 Å². The lowest BCUT2D eigenvalue weighted by Crippen LogP contribution is -2.55. The molecule has 1 fully saturated rings. The number of carboxylic acid groups (broad SMARTS) is 1. The molecule has 1 unspecified atom stereocenters. The van der Waals surface area contributed by atoms with Gasteiger partial charge in [0.2, 0.25) is 0 Å². The number of likely N-dealkylation sites (tertiary alicyclic amines) is 1. The van der Waals surface area contributed by atoms with Crippen LogP contribution in [0.3, 0.4) is 0 Å². The Morgan fingerprint density at radius 1 is 1.50 bits per heavy atom. The zero-order chi connectivity index (χ0) is 13.6. The SMILES string of the molecule is CC#CCCNC(=O)N1CCCC1(CC)C(=O)O. The highest BCUT2D eigenvalue weighted by molar-refractivity contribution is 5.87. The van der Waals surface area contributed by atoms with Crippen molar-refractivity contribution in [3.05, 3.63) is 0 Å². The Labute approximate surface area is 108 Å². The van der Waals surface area contributed by atoms with E-state index in [4.69, 9.17) is 0 Å². The lowest BCUT2D eigenvalue weighted by molar-refractivity contribution is -0.148. The first-order chi connectivity index (χ1) is 8.58. The van der Waals surface area contributed by atoms with Crippen LogP contribution < -0.4 is 5.32 Å². The standard InChI is InChI=1S/C13H20N2O3/c1-3-5-6-9-14-12(18)15-10-7-8-13(15,4-2)11(16)17/h4,6-10H2,1-2H3,(H,14,18)(H,16,17). The van der Waals surface area contributed by atoms with Crippen LogP contribution in [0.2, 0.25) is 0 Å². The zero-order valence-corrected chi connectivity index (χ0v) is 11.0. The van der Waals surface area contributed by atoms with Gasteiger partial charge in [-0.2, -0.15) is 0 Å². The molecule has 0 bridgehead atoms. The number of carbonyl (C=O) groups excluding carboxylic acids is 1. The van der Waals surface area contributed by atoms with Gasteiger partial charge < -0.3 is 15.3 Å². The molecule has 1 atom stereocenters. The Bertz CT molecular complexity index is 383. The summed E-state index contributed by atoms with van der Waals surface area (Å²) in [6, 6.07) is -0.297. The van der Waals surface area contributed by atoms with Gasteiger partial charge in [-0.15, -0.1) is 11.8 Å². The lowest BCUT2D eigenvalue weighted by Gasteiger charge is -2.33. The van der Waals surface area contributed by atoms with Crippen molar-refractivity contribution >= 4 is 12.0 Å². The first-order valence-electron chi connectivity index (χ1n) is 6.27. The molecule has 2 N–H and O–H groups in total. The van der Waals surface area contributed by atoms with Gasteiger partial charge >= 0.3 is 12.0 Å². The van der Waals surface area contributed by atoms with Gasteiger partial charge in [0.25, 0.3) is 0 Å². The van der Waals surface area contributed by atoms with E-state index in [1.54, 1.807) is 6.92 Å². The molecule has 0 aromatic rings. The normalized spacial score (nSPS) is 22.2. The Hall–Kier alpha value is -1.70. The number of carboxylic acids is 1. The number of amides is 2. The predicted octanol–water partition coefficient (Wildman–Crippen LogP) is 1.44. The smallest absolute Gasteiger partial charge is 0.329 e. The second-order valence-corrected chi connectivity index (χ2v) is 4.35. The number of carbonyl (C=O) groups is 2. The fourth-order valence-electron chi connectivity index (χ4n) is 2.37. The molecule has 100 valence electrons. The molecule has 18 heavy (non-hydrogen) atoms. The Balaban J connectivity index is 2.65. The van der Waals surface area contributed by atoms with E-state index in [1.165, 1.54) is 4.90 Å². The summed E-state index contributed by atoms with van der Waals surface area (Å²) in [5, 5.41) is 12.1. The van der Waals surface area contributed by atoms with E-state index in [0.717, 1.165) is 6.42 Å². The van der Waals surface area contributed by atoms with E-state index in [2.05, 4.69) is 17.2 Å². The van der Waals surface area contributed by atoms with Crippen LogP contribution in [0.5, 0.6) is 0 Å². The van der Waals surface area contributed by atoms with Crippen LogP contribution in [0.15, 0.2) is 0 Å². The number of aliphatic carboxylic acids is 1. The predicted molar refractivity (Wildman–Crippen MR) is 68.1 cm³/mol. The van der Waals surface area contributed by atoms with Gasteiger partial charge in [0.05, 0.1) is 0 Å². The maximum Gasteiger partial charge on any atom is 0.329 e. The van der Waals surface area contributed by atoms with Gasteiger partial charge in [-0.05, 0) is 26.2 Å². The third kappa shape index (κ3) is 2.76. The topological polar surface area (TPSA) is 69.6 Å². The molecule has 1 aliphatic rings. The molecule has 0 saturated carbocycles. The molecule has 0 aliphatic carbocycles. The number of urea groups is 1. The van der Waals surface area contributed by atoms with Crippen LogP contribution in [0.4, 0.5) is 4.79 Å². The van der Waals surface area contributed by atoms with Crippen molar-refractivity contribution in [2.24, 2.45) is 0 Å². The average Bonchev–Trinajstić information content (AvgIpc) is 2.79. The highest BCUT2D eigenvalue weighted by Gasteiger charge is 2.48. The Kier molecular flexibility index (Phi) is 5.02. The van der Waals surface area contributed by atoms with Gasteiger partial charge in [0.1, 0.15) is 5.54 Å². The molecule has 1 rings (SSSR count). The molecule has 0 radical (unpaired) electrons. The van der Waals surface area contributed by atoms with Crippen LogP contribution in [0.1, 0.15) is 39.5 Å². The van der Waals surface area contributed by atoms with Crippen molar-refractivity contribution in [1.29, 1.82) is 0 Å². The summed E-state index contributed by atoms with van der Waals surface area (Å²) in [4.78, 5) is 24.8. The van der Waals surface area contributed by atoms with E-state index < -0.39 is 11.5 Å². The zero-order valence-electron chi connectivity index (χ0n) is 11.0. The molecule has 0 spiro atoms. The number of rotatable bonds is 4. The van der Waals surface area contributed by atoms with Gasteiger partial charge in [-0.3, -0.25) is 0 Å². The maximum atomic E-state index is 12.0. The first kappa shape index (κ1) is 14.4. The number of hydrogen-bond donors (Lipinski definition) is 2.